The molecule has 3 nitrogen and oxygen atoms in total. The van der Waals surface area contributed by atoms with Gasteiger partial charge >= 0.3 is 0 Å². The fourth-order valence-electron chi connectivity index (χ4n) is 3.55. The highest BCUT2D eigenvalue weighted by atomic mass is 16.1. The lowest BCUT2D eigenvalue weighted by Crippen LogP contribution is -2.33. The Bertz CT molecular complexity index is 504. The number of fused-ring (bicyclic) bond motifs is 1. The molecular formula is C18H26N2O. The quantitative estimate of drug-likeness (QED) is 0.657. The number of nitrogens with one attached hydrogen (secondary N) is 2. The number of carbonyl (C=O) groups is 1. The lowest BCUT2D eigenvalue weighted by molar-refractivity contribution is 0.0986. The molecule has 1 saturated carbocycles. The smallest absolute Gasteiger partial charge is 0.176 e. The second kappa shape index (κ2) is 6.61. The molecule has 0 radical (unpaired) electrons. The van der Waals surface area contributed by atoms with Crippen molar-refractivity contribution in [3.8, 4) is 0 Å². The van der Waals surface area contributed by atoms with Gasteiger partial charge in [0.1, 0.15) is 0 Å². The summed E-state index contributed by atoms with van der Waals surface area (Å²) in [7, 11) is 0. The Labute approximate surface area is 127 Å². The van der Waals surface area contributed by atoms with Crippen molar-refractivity contribution in [1.29, 1.82) is 0 Å². The van der Waals surface area contributed by atoms with Crippen molar-refractivity contribution in [3.05, 3.63) is 29.3 Å². The number of anilines is 1. The number of benzene rings is 1. The van der Waals surface area contributed by atoms with Crippen LogP contribution in [-0.4, -0.2) is 24.4 Å². The maximum Gasteiger partial charge on any atom is 0.176 e. The van der Waals surface area contributed by atoms with Gasteiger partial charge in [0.15, 0.2) is 5.78 Å². The van der Waals surface area contributed by atoms with Gasteiger partial charge in [0.2, 0.25) is 0 Å². The fraction of sp³-hybridized carbons (Fsp3) is 0.611. The number of ketones is 1. The van der Waals surface area contributed by atoms with Gasteiger partial charge < -0.3 is 10.6 Å². The highest BCUT2D eigenvalue weighted by Crippen LogP contribution is 2.26. The van der Waals surface area contributed by atoms with E-state index in [2.05, 4.69) is 29.7 Å². The Morgan fingerprint density at radius 1 is 1.24 bits per heavy atom. The molecule has 1 aromatic carbocycles. The minimum atomic E-state index is 0.224. The van der Waals surface area contributed by atoms with Crippen LogP contribution in [-0.2, 0) is 6.42 Å². The summed E-state index contributed by atoms with van der Waals surface area (Å²) in [6.07, 6.45) is 8.76. The van der Waals surface area contributed by atoms with Gasteiger partial charge in [-0.25, -0.2) is 0 Å². The minimum Gasteiger partial charge on any atom is -0.382 e. The first-order valence-corrected chi connectivity index (χ1v) is 8.38. The maximum absolute atomic E-state index is 12.4. The third kappa shape index (κ3) is 3.65. The van der Waals surface area contributed by atoms with Crippen molar-refractivity contribution < 1.29 is 4.79 Å². The molecule has 1 heterocycles. The Morgan fingerprint density at radius 3 is 2.76 bits per heavy atom. The van der Waals surface area contributed by atoms with E-state index in [4.69, 9.17) is 0 Å². The molecule has 2 N–H and O–H groups in total. The molecule has 3 heteroatoms. The molecule has 1 aromatic rings. The summed E-state index contributed by atoms with van der Waals surface area (Å²) in [4.78, 5) is 12.4. The number of hydrogen-bond acceptors (Lipinski definition) is 3. The van der Waals surface area contributed by atoms with Crippen molar-refractivity contribution in [2.75, 3.05) is 11.9 Å². The molecule has 1 unspecified atom stereocenters. The van der Waals surface area contributed by atoms with E-state index in [0.717, 1.165) is 12.0 Å². The topological polar surface area (TPSA) is 41.1 Å². The average molecular weight is 286 g/mol. The molecule has 1 atom stereocenters. The third-order valence-electron chi connectivity index (χ3n) is 4.76. The predicted octanol–water partition coefficient (Wildman–Crippen LogP) is 3.54. The molecule has 0 aromatic heterocycles. The molecule has 2 aliphatic rings. The molecule has 0 saturated heterocycles. The van der Waals surface area contributed by atoms with Crippen LogP contribution < -0.4 is 10.6 Å². The van der Waals surface area contributed by atoms with Crippen molar-refractivity contribution in [1.82, 2.24) is 5.32 Å². The second-order valence-corrected chi connectivity index (χ2v) is 6.61. The van der Waals surface area contributed by atoms with Gasteiger partial charge in [-0.3, -0.25) is 4.79 Å². The summed E-state index contributed by atoms with van der Waals surface area (Å²) < 4.78 is 0. The molecule has 1 fully saturated rings. The summed E-state index contributed by atoms with van der Waals surface area (Å²) in [6, 6.07) is 7.10. The summed E-state index contributed by atoms with van der Waals surface area (Å²) in [5, 5.41) is 6.90. The highest BCUT2D eigenvalue weighted by Gasteiger charge is 2.19. The van der Waals surface area contributed by atoms with E-state index in [1.807, 2.05) is 6.07 Å². The lowest BCUT2D eigenvalue weighted by Gasteiger charge is -2.15. The largest absolute Gasteiger partial charge is 0.382 e. The minimum absolute atomic E-state index is 0.224. The van der Waals surface area contributed by atoms with Crippen molar-refractivity contribution >= 4 is 11.5 Å². The Hall–Kier alpha value is -1.35. The molecule has 1 aliphatic carbocycles. The molecule has 0 amide bonds. The number of rotatable bonds is 4. The van der Waals surface area contributed by atoms with Crippen LogP contribution in [0.1, 0.15) is 61.4 Å². The SMILES string of the molecule is CC1Cc2cc(C(=O)CNC3CCCCCC3)ccc2N1. The van der Waals surface area contributed by atoms with Crippen molar-refractivity contribution in [2.24, 2.45) is 0 Å². The van der Waals surface area contributed by atoms with Gasteiger partial charge in [0.25, 0.3) is 0 Å². The van der Waals surface area contributed by atoms with Gasteiger partial charge in [-0.2, -0.15) is 0 Å². The first kappa shape index (κ1) is 14.6. The van der Waals surface area contributed by atoms with Crippen LogP contribution in [0, 0.1) is 0 Å². The van der Waals surface area contributed by atoms with E-state index >= 15 is 0 Å². The van der Waals surface area contributed by atoms with Crippen molar-refractivity contribution in [3.63, 3.8) is 0 Å². The van der Waals surface area contributed by atoms with Crippen LogP contribution in [0.15, 0.2) is 18.2 Å². The zero-order valence-electron chi connectivity index (χ0n) is 13.0. The number of carbonyl (C=O) groups excluding carboxylic acids is 1. The summed E-state index contributed by atoms with van der Waals surface area (Å²) in [5.41, 5.74) is 3.32. The molecule has 3 rings (SSSR count). The van der Waals surface area contributed by atoms with Gasteiger partial charge in [0.05, 0.1) is 6.54 Å². The Morgan fingerprint density at radius 2 is 2.00 bits per heavy atom. The van der Waals surface area contributed by atoms with Gasteiger partial charge in [-0.15, -0.1) is 0 Å². The molecule has 1 aliphatic heterocycles. The van der Waals surface area contributed by atoms with E-state index in [0.29, 0.717) is 18.6 Å². The first-order chi connectivity index (χ1) is 10.2. The van der Waals surface area contributed by atoms with Gasteiger partial charge in [-0.1, -0.05) is 25.7 Å². The monoisotopic (exact) mass is 286 g/mol. The molecule has 0 bridgehead atoms. The fourth-order valence-corrected chi connectivity index (χ4v) is 3.55. The Kier molecular flexibility index (Phi) is 4.59. The number of hydrogen-bond donors (Lipinski definition) is 2. The summed E-state index contributed by atoms with van der Waals surface area (Å²) >= 11 is 0. The van der Waals surface area contributed by atoms with Gasteiger partial charge in [-0.05, 0) is 49.9 Å². The van der Waals surface area contributed by atoms with Gasteiger partial charge in [0, 0.05) is 23.3 Å². The van der Waals surface area contributed by atoms with E-state index in [9.17, 15) is 4.79 Å². The third-order valence-corrected chi connectivity index (χ3v) is 4.76. The van der Waals surface area contributed by atoms with Crippen LogP contribution in [0.25, 0.3) is 0 Å². The zero-order chi connectivity index (χ0) is 14.7. The average Bonchev–Trinajstić information content (AvgIpc) is 2.69. The Balaban J connectivity index is 1.57. The zero-order valence-corrected chi connectivity index (χ0v) is 13.0. The predicted molar refractivity (Wildman–Crippen MR) is 87.1 cm³/mol. The molecule has 114 valence electrons. The second-order valence-electron chi connectivity index (χ2n) is 6.61. The van der Waals surface area contributed by atoms with Crippen LogP contribution in [0.2, 0.25) is 0 Å². The van der Waals surface area contributed by atoms with Crippen LogP contribution >= 0.6 is 0 Å². The summed E-state index contributed by atoms with van der Waals surface area (Å²) in [6.45, 7) is 2.65. The van der Waals surface area contributed by atoms with Crippen molar-refractivity contribution in [2.45, 2.75) is 64.0 Å². The maximum atomic E-state index is 12.4. The molecular weight excluding hydrogens is 260 g/mol. The van der Waals surface area contributed by atoms with E-state index in [-0.39, 0.29) is 5.78 Å². The lowest BCUT2D eigenvalue weighted by atomic mass is 10.0. The van der Waals surface area contributed by atoms with E-state index in [1.165, 1.54) is 49.8 Å². The van der Waals surface area contributed by atoms with E-state index < -0.39 is 0 Å². The normalized spacial score (nSPS) is 22.4. The number of Topliss-reactive ketones (excluding diaryl/α,β-unsaturated/α-hetero) is 1. The standard InChI is InChI=1S/C18H26N2O/c1-13-10-15-11-14(8-9-17(15)20-13)18(21)12-19-16-6-4-2-3-5-7-16/h8-9,11,13,16,19-20H,2-7,10,12H2,1H3. The van der Waals surface area contributed by atoms with Crippen LogP contribution in [0.4, 0.5) is 5.69 Å². The van der Waals surface area contributed by atoms with Crippen LogP contribution in [0.5, 0.6) is 0 Å². The molecule has 0 spiro atoms. The van der Waals surface area contributed by atoms with E-state index in [1.54, 1.807) is 0 Å². The highest BCUT2D eigenvalue weighted by molar-refractivity contribution is 5.98. The molecule has 21 heavy (non-hydrogen) atoms. The van der Waals surface area contributed by atoms with Crippen LogP contribution in [0.3, 0.4) is 0 Å². The summed E-state index contributed by atoms with van der Waals surface area (Å²) in [5.74, 6) is 0.224. The first-order valence-electron chi connectivity index (χ1n) is 8.38.